The van der Waals surface area contributed by atoms with E-state index < -0.39 is 0 Å². The summed E-state index contributed by atoms with van der Waals surface area (Å²) in [7, 11) is 0. The molecule has 0 fully saturated rings. The highest BCUT2D eigenvalue weighted by Crippen LogP contribution is 2.34. The molecule has 10 aromatic heterocycles. The molecule has 650 valence electrons. The van der Waals surface area contributed by atoms with Crippen LogP contribution < -0.4 is 0 Å². The van der Waals surface area contributed by atoms with E-state index >= 15 is 0 Å². The molecule has 0 N–H and O–H groups in total. The Hall–Kier alpha value is -5.54. The summed E-state index contributed by atoms with van der Waals surface area (Å²) in [5.74, 6) is 1.98. The van der Waals surface area contributed by atoms with Gasteiger partial charge in [0.1, 0.15) is 17.1 Å². The van der Waals surface area contributed by atoms with Gasteiger partial charge in [-0.1, -0.05) is 325 Å². The van der Waals surface area contributed by atoms with Gasteiger partial charge in [-0.15, -0.1) is 68.0 Å². The average Bonchev–Trinajstić information content (AvgIpc) is 1.92. The molecule has 1 aliphatic heterocycles. The molecule has 0 unspecified atom stereocenters. The largest absolute Gasteiger partial charge is 0.469 e. The van der Waals surface area contributed by atoms with Crippen molar-refractivity contribution in [3.05, 3.63) is 246 Å². The lowest BCUT2D eigenvalue weighted by molar-refractivity contribution is 0.409. The molecule has 18 heteroatoms. The number of aromatic nitrogens is 7. The quantitative estimate of drug-likeness (QED) is 0.147. The number of aliphatic imine (C=N–C) groups is 1. The van der Waals surface area contributed by atoms with Crippen LogP contribution in [-0.2, 0) is 54.1 Å². The van der Waals surface area contributed by atoms with E-state index in [0.29, 0.717) is 27.1 Å². The monoisotopic (exact) mass is 1760 g/mol. The van der Waals surface area contributed by atoms with Crippen LogP contribution in [0.15, 0.2) is 203 Å². The molecule has 0 bridgehead atoms. The minimum Gasteiger partial charge on any atom is -0.469 e. The lowest BCUT2D eigenvalue weighted by atomic mass is 9.87. The van der Waals surface area contributed by atoms with Crippen molar-refractivity contribution in [3.63, 3.8) is 0 Å². The Morgan fingerprint density at radius 1 is 0.333 bits per heavy atom. The van der Waals surface area contributed by atoms with Gasteiger partial charge in [0.2, 0.25) is 0 Å². The molecule has 11 heterocycles. The molecule has 0 atom stereocenters. The number of thiophene rings is 3. The summed E-state index contributed by atoms with van der Waals surface area (Å²) in [5, 5.41) is 20.4. The predicted molar refractivity (Wildman–Crippen MR) is 533 cm³/mol. The molecule has 0 saturated heterocycles. The van der Waals surface area contributed by atoms with E-state index in [4.69, 9.17) is 4.42 Å². The lowest BCUT2D eigenvalue weighted by Gasteiger charge is -2.18. The van der Waals surface area contributed by atoms with E-state index in [1.807, 2.05) is 81.2 Å². The second-order valence-corrected chi connectivity index (χ2v) is 49.4. The molecule has 3 aliphatic rings. The highest BCUT2D eigenvalue weighted by Gasteiger charge is 2.23. The van der Waals surface area contributed by atoms with Crippen molar-refractivity contribution in [3.8, 4) is 0 Å². The molecule has 0 radical (unpaired) electrons. The van der Waals surface area contributed by atoms with Crippen LogP contribution in [-0.4, -0.2) is 45.9 Å². The van der Waals surface area contributed by atoms with Crippen LogP contribution in [0.25, 0.3) is 0 Å². The van der Waals surface area contributed by atoms with Gasteiger partial charge in [-0.2, -0.15) is 15.7 Å². The first-order chi connectivity index (χ1) is 53.4. The third-order valence-corrected chi connectivity index (χ3v) is 25.6. The molecule has 2 aliphatic carbocycles. The highest BCUT2D eigenvalue weighted by atomic mass is 32.1. The van der Waals surface area contributed by atoms with Crippen LogP contribution in [0.3, 0.4) is 0 Å². The van der Waals surface area contributed by atoms with Crippen molar-refractivity contribution in [1.29, 1.82) is 0 Å². The van der Waals surface area contributed by atoms with Gasteiger partial charge in [0, 0.05) is 105 Å². The van der Waals surface area contributed by atoms with Crippen LogP contribution in [0.5, 0.6) is 0 Å². The Balaban J connectivity index is 0.000000634. The highest BCUT2D eigenvalue weighted by molar-refractivity contribution is 7.11. The zero-order valence-corrected chi connectivity index (χ0v) is 87.0. The maximum absolute atomic E-state index is 5.20. The third-order valence-electron chi connectivity index (χ3n) is 16.5. The Morgan fingerprint density at radius 2 is 0.786 bits per heavy atom. The molecule has 13 rings (SSSR count). The van der Waals surface area contributed by atoms with Gasteiger partial charge in [0.15, 0.2) is 0 Å². The van der Waals surface area contributed by atoms with Crippen LogP contribution in [0.2, 0.25) is 0 Å². The van der Waals surface area contributed by atoms with Crippen molar-refractivity contribution in [2.75, 3.05) is 6.54 Å². The number of hydrogen-bond acceptors (Lipinski definition) is 18. The third kappa shape index (κ3) is 48.6. The van der Waals surface area contributed by atoms with Crippen LogP contribution in [0, 0.1) is 16.2 Å². The molecular formula is C99H154N8OS9. The van der Waals surface area contributed by atoms with E-state index in [0.717, 1.165) is 31.0 Å². The Bertz CT molecular complexity index is 3430. The minimum absolute atomic E-state index is 0.111. The first-order valence-corrected chi connectivity index (χ1v) is 48.6. The van der Waals surface area contributed by atoms with Crippen molar-refractivity contribution >= 4 is 108 Å². The summed E-state index contributed by atoms with van der Waals surface area (Å²) in [4.78, 5) is 29.5. The van der Waals surface area contributed by atoms with Gasteiger partial charge in [-0.25, -0.2) is 29.3 Å². The van der Waals surface area contributed by atoms with Crippen molar-refractivity contribution < 1.29 is 4.42 Å². The van der Waals surface area contributed by atoms with E-state index in [1.165, 1.54) is 69.3 Å². The fourth-order valence-electron chi connectivity index (χ4n) is 9.16. The van der Waals surface area contributed by atoms with E-state index in [2.05, 4.69) is 421 Å². The second-order valence-electron chi connectivity index (χ2n) is 41.9. The SMILES string of the molecule is CC(C)(C)C1=CCC=C1.CC(C)(C)C1=CCC=C1.CC(C)(C)C1=NCC=C1.CC(C)(C)c1ccco1.CC(C)(C)c1cccs1.CC(C)(C)c1cccs1.CC(C)(C)c1ccns1.CC(C)(C)c1ccsc1.CC(C)(C)c1cscn1.CC(C)(C)c1nccs1.CC(C)(C)c1nccs1.CC(C)(C)c1nccs1.CC(C)(C)c1ncsn1. The Labute approximate surface area is 750 Å². The molecule has 0 spiro atoms. The summed E-state index contributed by atoms with van der Waals surface area (Å²) in [5.41, 5.74) is 13.9. The van der Waals surface area contributed by atoms with Gasteiger partial charge >= 0.3 is 0 Å². The first kappa shape index (κ1) is 109. The van der Waals surface area contributed by atoms with Crippen LogP contribution in [0.4, 0.5) is 0 Å². The standard InChI is InChI=1S/2C9H14.C8H13N.C8H12O.3C8H12S.5C7H11NS.C6H10N2S/c2*1-9(2,3)8-6-4-5-7-8;2*1-8(2,3)7-5-4-6-9-7;1-8(2,3)7-4-5-9-6-7;2*1-8(2,3)7-5-4-6-9-7;1-7(2,3)6-4-9-5-8-6;3*1-7(2,3)6-8-4-5-9-6;1-7(2,3)6-4-5-8-9-6;1-6(2,3)5-7-4-9-8-5/h2*4,6-7H,5H2,1-3H3;4-5H,6H2,1-3H3;4*4-6H,1-3H3;5*4-5H,1-3H3;4H,1-3H3. The number of thiazole rings is 4. The zero-order valence-electron chi connectivity index (χ0n) is 79.7. The molecule has 117 heavy (non-hydrogen) atoms. The van der Waals surface area contributed by atoms with Gasteiger partial charge < -0.3 is 4.42 Å². The van der Waals surface area contributed by atoms with Crippen molar-refractivity contribution in [2.45, 2.75) is 337 Å². The summed E-state index contributed by atoms with van der Waals surface area (Å²) in [6.07, 6.45) is 29.0. The lowest BCUT2D eigenvalue weighted by Crippen LogP contribution is -2.16. The number of furan rings is 1. The number of allylic oxidation sites excluding steroid dienone is 9. The second kappa shape index (κ2) is 49.5. The molecule has 10 aromatic rings. The van der Waals surface area contributed by atoms with E-state index in [-0.39, 0.29) is 43.3 Å². The fourth-order valence-corrected chi connectivity index (χ4v) is 15.9. The molecule has 0 amide bonds. The topological polar surface area (TPSA) is 116 Å². The van der Waals surface area contributed by atoms with Crippen molar-refractivity contribution in [2.24, 2.45) is 21.2 Å². The normalized spacial score (nSPS) is 13.4. The summed E-state index contributed by atoms with van der Waals surface area (Å²) >= 11 is 15.2. The Morgan fingerprint density at radius 3 is 0.940 bits per heavy atom. The van der Waals surface area contributed by atoms with Crippen LogP contribution in [0.1, 0.15) is 335 Å². The minimum atomic E-state index is 0.111. The zero-order chi connectivity index (χ0) is 89.8. The van der Waals surface area contributed by atoms with Crippen molar-refractivity contribution in [1.82, 2.24) is 33.7 Å². The van der Waals surface area contributed by atoms with E-state index in [9.17, 15) is 0 Å². The van der Waals surface area contributed by atoms with Crippen LogP contribution >= 0.6 is 102 Å². The van der Waals surface area contributed by atoms with Gasteiger partial charge in [0.05, 0.1) is 39.0 Å². The van der Waals surface area contributed by atoms with E-state index in [1.54, 1.807) is 80.0 Å². The molecular weight excluding hydrogens is 1610 g/mol. The first-order valence-electron chi connectivity index (χ1n) is 40.7. The van der Waals surface area contributed by atoms with Gasteiger partial charge in [-0.05, 0) is 149 Å². The summed E-state index contributed by atoms with van der Waals surface area (Å²) in [6.45, 7) is 86.4. The number of nitrogens with zero attached hydrogens (tertiary/aromatic N) is 8. The molecule has 0 saturated carbocycles. The number of hydrogen-bond donors (Lipinski definition) is 0. The average molecular weight is 1760 g/mol. The van der Waals surface area contributed by atoms with Gasteiger partial charge in [-0.3, -0.25) is 4.99 Å². The summed E-state index contributed by atoms with van der Waals surface area (Å²) < 4.78 is 13.3. The fraction of sp³-hybridized carbons (Fsp3) is 0.556. The molecule has 0 aromatic carbocycles. The smallest absolute Gasteiger partial charge is 0.147 e. The predicted octanol–water partition coefficient (Wildman–Crippen LogP) is 33.6. The maximum atomic E-state index is 5.20. The number of rotatable bonds is 0. The Kier molecular flexibility index (Phi) is 46.3. The summed E-state index contributed by atoms with van der Waals surface area (Å²) in [6, 6.07) is 16.8. The van der Waals surface area contributed by atoms with Gasteiger partial charge in [0.25, 0.3) is 0 Å². The maximum Gasteiger partial charge on any atom is 0.147 e. The molecule has 9 nitrogen and oxygen atoms in total.